The highest BCUT2D eigenvalue weighted by Gasteiger charge is 2.45. The van der Waals surface area contributed by atoms with Crippen LogP contribution in [0.15, 0.2) is 0 Å². The van der Waals surface area contributed by atoms with Crippen LogP contribution in [0.2, 0.25) is 0 Å². The van der Waals surface area contributed by atoms with Crippen molar-refractivity contribution in [3.63, 3.8) is 0 Å². The normalized spacial score (nSPS) is 31.5. The van der Waals surface area contributed by atoms with Gasteiger partial charge >= 0.3 is 5.97 Å². The number of carbonyl (C=O) groups is 1. The van der Waals surface area contributed by atoms with Gasteiger partial charge < -0.3 is 5.11 Å². The van der Waals surface area contributed by atoms with Crippen LogP contribution in [0.25, 0.3) is 0 Å². The van der Waals surface area contributed by atoms with Crippen molar-refractivity contribution in [2.45, 2.75) is 58.5 Å². The number of aliphatic carboxylic acids is 1. The fourth-order valence-corrected chi connectivity index (χ4v) is 2.52. The fourth-order valence-electron chi connectivity index (χ4n) is 2.52. The molecule has 3 heteroatoms. The van der Waals surface area contributed by atoms with Crippen molar-refractivity contribution in [2.75, 3.05) is 6.54 Å². The van der Waals surface area contributed by atoms with Gasteiger partial charge in [0.15, 0.2) is 0 Å². The lowest BCUT2D eigenvalue weighted by Gasteiger charge is -2.38. The highest BCUT2D eigenvalue weighted by Crippen LogP contribution is 2.33. The molecule has 0 amide bonds. The highest BCUT2D eigenvalue weighted by atomic mass is 16.4. The summed E-state index contributed by atoms with van der Waals surface area (Å²) in [5.74, 6) is -0.114. The van der Waals surface area contributed by atoms with E-state index in [1.807, 2.05) is 6.92 Å². The standard InChI is InChI=1S/C12H23NO2/c1-5-9(2)10(3)13-8-6-7-12(13,4)11(14)15/h9-10H,5-8H2,1-4H3,(H,14,15). The molecular formula is C12H23NO2. The van der Waals surface area contributed by atoms with Crippen LogP contribution >= 0.6 is 0 Å². The molecule has 1 rings (SSSR count). The molecule has 1 heterocycles. The van der Waals surface area contributed by atoms with Crippen molar-refractivity contribution in [3.05, 3.63) is 0 Å². The third-order valence-electron chi connectivity index (χ3n) is 4.12. The maximum absolute atomic E-state index is 11.3. The first-order chi connectivity index (χ1) is 6.93. The van der Waals surface area contributed by atoms with Gasteiger partial charge in [-0.15, -0.1) is 0 Å². The summed E-state index contributed by atoms with van der Waals surface area (Å²) < 4.78 is 0. The van der Waals surface area contributed by atoms with Gasteiger partial charge in [0.1, 0.15) is 5.54 Å². The topological polar surface area (TPSA) is 40.5 Å². The minimum atomic E-state index is -0.671. The Morgan fingerprint density at radius 3 is 2.60 bits per heavy atom. The van der Waals surface area contributed by atoms with Gasteiger partial charge in [0, 0.05) is 6.04 Å². The molecule has 88 valence electrons. The molecule has 3 nitrogen and oxygen atoms in total. The largest absolute Gasteiger partial charge is 0.480 e. The Bertz CT molecular complexity index is 242. The summed E-state index contributed by atoms with van der Waals surface area (Å²) in [4.78, 5) is 13.5. The van der Waals surface area contributed by atoms with E-state index in [1.54, 1.807) is 0 Å². The van der Waals surface area contributed by atoms with E-state index in [4.69, 9.17) is 0 Å². The molecule has 0 aromatic heterocycles. The van der Waals surface area contributed by atoms with E-state index in [2.05, 4.69) is 25.7 Å². The van der Waals surface area contributed by atoms with E-state index >= 15 is 0 Å². The molecule has 0 bridgehead atoms. The highest BCUT2D eigenvalue weighted by molar-refractivity contribution is 5.78. The predicted octanol–water partition coefficient (Wildman–Crippen LogP) is 2.36. The van der Waals surface area contributed by atoms with Gasteiger partial charge in [-0.2, -0.15) is 0 Å². The molecule has 1 aliphatic heterocycles. The van der Waals surface area contributed by atoms with Crippen LogP contribution in [0, 0.1) is 5.92 Å². The van der Waals surface area contributed by atoms with Crippen molar-refractivity contribution in [1.29, 1.82) is 0 Å². The molecule has 1 saturated heterocycles. The first kappa shape index (κ1) is 12.5. The van der Waals surface area contributed by atoms with Crippen LogP contribution in [0.1, 0.15) is 47.0 Å². The van der Waals surface area contributed by atoms with Crippen molar-refractivity contribution >= 4 is 5.97 Å². The van der Waals surface area contributed by atoms with Crippen molar-refractivity contribution in [3.8, 4) is 0 Å². The Morgan fingerprint density at radius 1 is 1.53 bits per heavy atom. The second kappa shape index (κ2) is 4.52. The predicted molar refractivity (Wildman–Crippen MR) is 60.9 cm³/mol. The molecule has 0 saturated carbocycles. The van der Waals surface area contributed by atoms with Crippen LogP contribution in [0.3, 0.4) is 0 Å². The van der Waals surface area contributed by atoms with Crippen LogP contribution in [0.5, 0.6) is 0 Å². The number of rotatable bonds is 4. The number of carboxylic acids is 1. The number of hydrogen-bond acceptors (Lipinski definition) is 2. The van der Waals surface area contributed by atoms with Crippen molar-refractivity contribution in [2.24, 2.45) is 5.92 Å². The number of carboxylic acid groups (broad SMARTS) is 1. The zero-order valence-electron chi connectivity index (χ0n) is 10.3. The smallest absolute Gasteiger partial charge is 0.323 e. The third-order valence-corrected chi connectivity index (χ3v) is 4.12. The summed E-state index contributed by atoms with van der Waals surface area (Å²) in [6, 6.07) is 0.360. The number of nitrogens with zero attached hydrogens (tertiary/aromatic N) is 1. The van der Waals surface area contributed by atoms with E-state index in [1.165, 1.54) is 0 Å². The van der Waals surface area contributed by atoms with E-state index in [-0.39, 0.29) is 0 Å². The monoisotopic (exact) mass is 213 g/mol. The first-order valence-electron chi connectivity index (χ1n) is 5.93. The fraction of sp³-hybridized carbons (Fsp3) is 0.917. The van der Waals surface area contributed by atoms with E-state index in [0.717, 1.165) is 25.8 Å². The molecule has 1 N–H and O–H groups in total. The summed E-state index contributed by atoms with van der Waals surface area (Å²) >= 11 is 0. The maximum Gasteiger partial charge on any atom is 0.323 e. The van der Waals surface area contributed by atoms with E-state index in [0.29, 0.717) is 12.0 Å². The van der Waals surface area contributed by atoms with Crippen LogP contribution < -0.4 is 0 Å². The Morgan fingerprint density at radius 2 is 2.13 bits per heavy atom. The second-order valence-electron chi connectivity index (χ2n) is 5.00. The first-order valence-corrected chi connectivity index (χ1v) is 5.93. The summed E-state index contributed by atoms with van der Waals surface area (Å²) in [7, 11) is 0. The Balaban J connectivity index is 2.80. The lowest BCUT2D eigenvalue weighted by atomic mass is 9.93. The zero-order valence-corrected chi connectivity index (χ0v) is 10.3. The lowest BCUT2D eigenvalue weighted by Crippen LogP contribution is -2.53. The quantitative estimate of drug-likeness (QED) is 0.779. The average molecular weight is 213 g/mol. The van der Waals surface area contributed by atoms with Gasteiger partial charge in [0.25, 0.3) is 0 Å². The molecule has 0 spiro atoms. The van der Waals surface area contributed by atoms with E-state index < -0.39 is 11.5 Å². The average Bonchev–Trinajstić information content (AvgIpc) is 2.59. The van der Waals surface area contributed by atoms with Gasteiger partial charge in [-0.25, -0.2) is 0 Å². The molecule has 3 unspecified atom stereocenters. The number of likely N-dealkylation sites (tertiary alicyclic amines) is 1. The van der Waals surface area contributed by atoms with Crippen LogP contribution in [0.4, 0.5) is 0 Å². The molecule has 0 radical (unpaired) electrons. The lowest BCUT2D eigenvalue weighted by molar-refractivity contribution is -0.150. The minimum Gasteiger partial charge on any atom is -0.480 e. The van der Waals surface area contributed by atoms with Gasteiger partial charge in [-0.05, 0) is 39.2 Å². The van der Waals surface area contributed by atoms with Crippen LogP contribution in [-0.4, -0.2) is 34.1 Å². The molecule has 15 heavy (non-hydrogen) atoms. The van der Waals surface area contributed by atoms with Crippen molar-refractivity contribution < 1.29 is 9.90 Å². The molecule has 1 aliphatic rings. The summed E-state index contributed by atoms with van der Waals surface area (Å²) in [6.07, 6.45) is 2.89. The summed E-state index contributed by atoms with van der Waals surface area (Å²) in [6.45, 7) is 9.30. The molecule has 3 atom stereocenters. The Kier molecular flexibility index (Phi) is 3.77. The SMILES string of the molecule is CCC(C)C(C)N1CCCC1(C)C(=O)O. The molecule has 0 aromatic carbocycles. The second-order valence-corrected chi connectivity index (χ2v) is 5.00. The molecule has 0 aromatic rings. The zero-order chi connectivity index (χ0) is 11.6. The van der Waals surface area contributed by atoms with Gasteiger partial charge in [-0.1, -0.05) is 20.3 Å². The Labute approximate surface area is 92.5 Å². The van der Waals surface area contributed by atoms with Gasteiger partial charge in [-0.3, -0.25) is 9.69 Å². The minimum absolute atomic E-state index is 0.360. The maximum atomic E-state index is 11.3. The number of hydrogen-bond donors (Lipinski definition) is 1. The third kappa shape index (κ3) is 2.17. The van der Waals surface area contributed by atoms with Crippen molar-refractivity contribution in [1.82, 2.24) is 4.90 Å². The van der Waals surface area contributed by atoms with Gasteiger partial charge in [0.2, 0.25) is 0 Å². The van der Waals surface area contributed by atoms with Gasteiger partial charge in [0.05, 0.1) is 0 Å². The summed E-state index contributed by atoms with van der Waals surface area (Å²) in [5, 5.41) is 9.30. The van der Waals surface area contributed by atoms with Crippen LogP contribution in [-0.2, 0) is 4.79 Å². The Hall–Kier alpha value is -0.570. The summed E-state index contributed by atoms with van der Waals surface area (Å²) in [5.41, 5.74) is -0.636. The molecule has 0 aliphatic carbocycles. The molecule has 1 fully saturated rings. The molecular weight excluding hydrogens is 190 g/mol. The van der Waals surface area contributed by atoms with E-state index in [9.17, 15) is 9.90 Å².